The SMILES string of the molecule is CC(C)(C)OC(=O)NCCNCC(C)(C)N1CCOCC1. The van der Waals surface area contributed by atoms with E-state index in [0.717, 1.165) is 39.4 Å². The molecule has 1 heterocycles. The second-order valence-corrected chi connectivity index (χ2v) is 7.02. The Morgan fingerprint density at radius 2 is 1.76 bits per heavy atom. The average Bonchev–Trinajstić information content (AvgIpc) is 2.37. The molecule has 0 unspecified atom stereocenters. The van der Waals surface area contributed by atoms with Gasteiger partial charge in [0.1, 0.15) is 5.60 Å². The predicted molar refractivity (Wildman–Crippen MR) is 83.6 cm³/mol. The molecule has 21 heavy (non-hydrogen) atoms. The first-order valence-corrected chi connectivity index (χ1v) is 7.71. The van der Waals surface area contributed by atoms with Gasteiger partial charge in [-0.25, -0.2) is 4.79 Å². The van der Waals surface area contributed by atoms with E-state index in [4.69, 9.17) is 9.47 Å². The van der Waals surface area contributed by atoms with Gasteiger partial charge < -0.3 is 20.1 Å². The molecule has 0 radical (unpaired) electrons. The van der Waals surface area contributed by atoms with E-state index >= 15 is 0 Å². The Hall–Kier alpha value is -0.850. The van der Waals surface area contributed by atoms with Crippen LogP contribution in [-0.4, -0.2) is 68.1 Å². The number of nitrogens with zero attached hydrogens (tertiary/aromatic N) is 1. The summed E-state index contributed by atoms with van der Waals surface area (Å²) in [6.07, 6.45) is -0.364. The van der Waals surface area contributed by atoms with Crippen molar-refractivity contribution >= 4 is 6.09 Å². The third-order valence-electron chi connectivity index (χ3n) is 3.39. The third-order valence-corrected chi connectivity index (χ3v) is 3.39. The molecule has 0 aliphatic carbocycles. The van der Waals surface area contributed by atoms with Crippen molar-refractivity contribution in [1.82, 2.24) is 15.5 Å². The lowest BCUT2D eigenvalue weighted by Crippen LogP contribution is -2.55. The molecule has 0 saturated carbocycles. The molecule has 0 aromatic rings. The maximum Gasteiger partial charge on any atom is 0.407 e. The molecule has 1 aliphatic rings. The monoisotopic (exact) mass is 301 g/mol. The van der Waals surface area contributed by atoms with Gasteiger partial charge in [0.15, 0.2) is 0 Å². The van der Waals surface area contributed by atoms with E-state index in [2.05, 4.69) is 29.4 Å². The molecule has 6 nitrogen and oxygen atoms in total. The molecule has 1 rings (SSSR count). The van der Waals surface area contributed by atoms with Crippen LogP contribution in [0.1, 0.15) is 34.6 Å². The number of hydrogen-bond acceptors (Lipinski definition) is 5. The summed E-state index contributed by atoms with van der Waals surface area (Å²) in [6.45, 7) is 15.8. The Morgan fingerprint density at radius 3 is 2.33 bits per heavy atom. The minimum absolute atomic E-state index is 0.0930. The zero-order valence-electron chi connectivity index (χ0n) is 14.1. The van der Waals surface area contributed by atoms with Crippen LogP contribution < -0.4 is 10.6 Å². The van der Waals surface area contributed by atoms with Crippen LogP contribution in [0.2, 0.25) is 0 Å². The Labute approximate surface area is 128 Å². The highest BCUT2D eigenvalue weighted by Gasteiger charge is 2.27. The second-order valence-electron chi connectivity index (χ2n) is 7.02. The number of nitrogens with one attached hydrogen (secondary N) is 2. The number of amides is 1. The highest BCUT2D eigenvalue weighted by atomic mass is 16.6. The number of alkyl carbamates (subject to hydrolysis) is 1. The minimum atomic E-state index is -0.449. The van der Waals surface area contributed by atoms with Gasteiger partial charge in [-0.15, -0.1) is 0 Å². The van der Waals surface area contributed by atoms with Gasteiger partial charge in [-0.05, 0) is 34.6 Å². The number of carbonyl (C=O) groups is 1. The minimum Gasteiger partial charge on any atom is -0.444 e. The van der Waals surface area contributed by atoms with E-state index in [1.807, 2.05) is 20.8 Å². The van der Waals surface area contributed by atoms with Gasteiger partial charge in [-0.1, -0.05) is 0 Å². The van der Waals surface area contributed by atoms with Crippen molar-refractivity contribution in [2.75, 3.05) is 45.9 Å². The van der Waals surface area contributed by atoms with E-state index in [-0.39, 0.29) is 11.6 Å². The number of ether oxygens (including phenoxy) is 2. The fourth-order valence-corrected chi connectivity index (χ4v) is 2.24. The topological polar surface area (TPSA) is 62.8 Å². The van der Waals surface area contributed by atoms with Gasteiger partial charge in [0.2, 0.25) is 0 Å². The largest absolute Gasteiger partial charge is 0.444 e. The van der Waals surface area contributed by atoms with E-state index in [9.17, 15) is 4.79 Å². The van der Waals surface area contributed by atoms with Crippen LogP contribution in [0.4, 0.5) is 4.79 Å². The molecular weight excluding hydrogens is 270 g/mol. The smallest absolute Gasteiger partial charge is 0.407 e. The first-order chi connectivity index (χ1) is 9.71. The van der Waals surface area contributed by atoms with Crippen LogP contribution in [-0.2, 0) is 9.47 Å². The van der Waals surface area contributed by atoms with Crippen LogP contribution in [0, 0.1) is 0 Å². The Bertz CT molecular complexity index is 321. The lowest BCUT2D eigenvalue weighted by molar-refractivity contribution is -0.00951. The van der Waals surface area contributed by atoms with E-state index < -0.39 is 5.60 Å². The molecule has 0 aromatic heterocycles. The van der Waals surface area contributed by atoms with Crippen molar-refractivity contribution in [3.63, 3.8) is 0 Å². The third kappa shape index (κ3) is 7.64. The van der Waals surface area contributed by atoms with Gasteiger partial charge in [-0.3, -0.25) is 4.90 Å². The molecule has 0 bridgehead atoms. The standard InChI is InChI=1S/C15H31N3O3/c1-14(2,3)21-13(19)17-7-6-16-12-15(4,5)18-8-10-20-11-9-18/h16H,6-12H2,1-5H3,(H,17,19). The number of carbonyl (C=O) groups excluding carboxylic acids is 1. The summed E-state index contributed by atoms with van der Waals surface area (Å²) in [4.78, 5) is 13.9. The molecular formula is C15H31N3O3. The molecule has 2 N–H and O–H groups in total. The fraction of sp³-hybridized carbons (Fsp3) is 0.933. The molecule has 124 valence electrons. The van der Waals surface area contributed by atoms with E-state index in [1.54, 1.807) is 0 Å². The number of morpholine rings is 1. The Morgan fingerprint density at radius 1 is 1.14 bits per heavy atom. The zero-order chi connectivity index (χ0) is 15.9. The summed E-state index contributed by atoms with van der Waals surface area (Å²) in [5.74, 6) is 0. The molecule has 0 aromatic carbocycles. The fourth-order valence-electron chi connectivity index (χ4n) is 2.24. The Balaban J connectivity index is 2.14. The zero-order valence-corrected chi connectivity index (χ0v) is 14.1. The summed E-state index contributed by atoms with van der Waals surface area (Å²) >= 11 is 0. The molecule has 1 fully saturated rings. The molecule has 0 spiro atoms. The highest BCUT2D eigenvalue weighted by molar-refractivity contribution is 5.67. The van der Waals surface area contributed by atoms with Crippen molar-refractivity contribution in [3.8, 4) is 0 Å². The van der Waals surface area contributed by atoms with Gasteiger partial charge in [-0.2, -0.15) is 0 Å². The summed E-state index contributed by atoms with van der Waals surface area (Å²) in [5.41, 5.74) is -0.356. The lowest BCUT2D eigenvalue weighted by atomic mass is 10.0. The Kier molecular flexibility index (Phi) is 6.90. The first kappa shape index (κ1) is 18.2. The lowest BCUT2D eigenvalue weighted by Gasteiger charge is -2.41. The van der Waals surface area contributed by atoms with E-state index in [0.29, 0.717) is 6.54 Å². The van der Waals surface area contributed by atoms with Crippen molar-refractivity contribution in [2.45, 2.75) is 45.8 Å². The van der Waals surface area contributed by atoms with Gasteiger partial charge in [0, 0.05) is 38.3 Å². The summed E-state index contributed by atoms with van der Waals surface area (Å²) in [7, 11) is 0. The van der Waals surface area contributed by atoms with Crippen molar-refractivity contribution < 1.29 is 14.3 Å². The van der Waals surface area contributed by atoms with Crippen LogP contribution in [0.15, 0.2) is 0 Å². The number of hydrogen-bond donors (Lipinski definition) is 2. The second kappa shape index (κ2) is 7.96. The predicted octanol–water partition coefficient (Wildman–Crippen LogP) is 1.21. The van der Waals surface area contributed by atoms with Crippen molar-refractivity contribution in [2.24, 2.45) is 0 Å². The van der Waals surface area contributed by atoms with Gasteiger partial charge >= 0.3 is 6.09 Å². The number of rotatable bonds is 6. The molecule has 1 saturated heterocycles. The summed E-state index contributed by atoms with van der Waals surface area (Å²) in [6, 6.07) is 0. The average molecular weight is 301 g/mol. The molecule has 6 heteroatoms. The summed E-state index contributed by atoms with van der Waals surface area (Å²) < 4.78 is 10.6. The maximum absolute atomic E-state index is 11.5. The molecule has 1 aliphatic heterocycles. The quantitative estimate of drug-likeness (QED) is 0.722. The van der Waals surface area contributed by atoms with Crippen LogP contribution >= 0.6 is 0 Å². The van der Waals surface area contributed by atoms with Crippen LogP contribution in [0.3, 0.4) is 0 Å². The highest BCUT2D eigenvalue weighted by Crippen LogP contribution is 2.14. The maximum atomic E-state index is 11.5. The van der Waals surface area contributed by atoms with Gasteiger partial charge in [0.25, 0.3) is 0 Å². The van der Waals surface area contributed by atoms with Crippen LogP contribution in [0.5, 0.6) is 0 Å². The molecule has 0 atom stereocenters. The van der Waals surface area contributed by atoms with E-state index in [1.165, 1.54) is 0 Å². The van der Waals surface area contributed by atoms with Gasteiger partial charge in [0.05, 0.1) is 13.2 Å². The van der Waals surface area contributed by atoms with Crippen molar-refractivity contribution in [3.05, 3.63) is 0 Å². The summed E-state index contributed by atoms with van der Waals surface area (Å²) in [5, 5.41) is 6.14. The van der Waals surface area contributed by atoms with Crippen LogP contribution in [0.25, 0.3) is 0 Å². The molecule has 1 amide bonds. The normalized spacial score (nSPS) is 17.6. The first-order valence-electron chi connectivity index (χ1n) is 7.71. The van der Waals surface area contributed by atoms with Crippen molar-refractivity contribution in [1.29, 1.82) is 0 Å².